The molecule has 0 atom stereocenters. The van der Waals surface area contributed by atoms with E-state index in [1.807, 2.05) is 19.9 Å². The van der Waals surface area contributed by atoms with Crippen molar-refractivity contribution in [3.05, 3.63) is 121 Å². The molecule has 11 heteroatoms. The van der Waals surface area contributed by atoms with Crippen LogP contribution in [-0.4, -0.2) is 11.9 Å². The van der Waals surface area contributed by atoms with Crippen molar-refractivity contribution in [2.24, 2.45) is 20.5 Å². The Morgan fingerprint density at radius 2 is 1.23 bits per heavy atom. The molecule has 0 aliphatic carbocycles. The number of rotatable bonds is 11. The topological polar surface area (TPSA) is 126 Å². The molecule has 0 saturated carbocycles. The van der Waals surface area contributed by atoms with E-state index in [2.05, 4.69) is 44.5 Å². The average Bonchev–Trinajstić information content (AvgIpc) is 3.00. The van der Waals surface area contributed by atoms with Crippen molar-refractivity contribution >= 4 is 46.1 Å². The monoisotopic (exact) mass is 578 g/mol. The van der Waals surface area contributed by atoms with Crippen LogP contribution in [0.25, 0.3) is 0 Å². The lowest BCUT2D eigenvalue weighted by Gasteiger charge is -2.12. The van der Waals surface area contributed by atoms with Crippen LogP contribution in [0.1, 0.15) is 11.1 Å². The molecule has 0 aliphatic heterocycles. The third-order valence-electron chi connectivity index (χ3n) is 5.81. The lowest BCUT2D eigenvalue weighted by atomic mass is 10.2. The summed E-state index contributed by atoms with van der Waals surface area (Å²) in [6.45, 7) is 10.4. The standard InChI is InChI=1S/C32H27FN6O4/c1-5-31(40)42-25-11-7-22(8-12-25)34-35-24-10-15-30(27(33)19-24)39-36-23-9-14-28(20(3)17-23)37-38-29-16-13-26(18-21(29)4)43-32(41)6-2/h5-19,36,39H,1-2H2,3-4H3/b35-34+,38-37+. The minimum Gasteiger partial charge on any atom is -0.423 e. The fraction of sp³-hybridized carbons (Fsp3) is 0.0625. The first kappa shape index (κ1) is 30.0. The summed E-state index contributed by atoms with van der Waals surface area (Å²) >= 11 is 0. The first-order chi connectivity index (χ1) is 20.7. The first-order valence-electron chi connectivity index (χ1n) is 12.9. The Labute approximate surface area is 247 Å². The summed E-state index contributed by atoms with van der Waals surface area (Å²) in [6, 6.07) is 21.2. The zero-order chi connectivity index (χ0) is 30.8. The van der Waals surface area contributed by atoms with Crippen LogP contribution in [0.5, 0.6) is 11.5 Å². The molecule has 0 fully saturated rings. The first-order valence-corrected chi connectivity index (χ1v) is 12.9. The van der Waals surface area contributed by atoms with Crippen LogP contribution in [0.2, 0.25) is 0 Å². The number of aryl methyl sites for hydroxylation is 2. The van der Waals surface area contributed by atoms with Crippen molar-refractivity contribution in [3.63, 3.8) is 0 Å². The molecule has 4 aromatic rings. The van der Waals surface area contributed by atoms with Crippen molar-refractivity contribution in [1.29, 1.82) is 0 Å². The SMILES string of the molecule is C=CC(=O)Oc1ccc(/N=N/c2ccc(NNc3ccc(/N=N/c4ccc(OC(=O)C=C)cc4C)c(C)c3)c(F)c2)cc1. The summed E-state index contributed by atoms with van der Waals surface area (Å²) in [5.74, 6) is -0.886. The Morgan fingerprint density at radius 1 is 0.674 bits per heavy atom. The number of carbonyl (C=O) groups excluding carboxylic acids is 2. The van der Waals surface area contributed by atoms with Gasteiger partial charge in [-0.15, -0.1) is 0 Å². The van der Waals surface area contributed by atoms with Gasteiger partial charge in [0.2, 0.25) is 0 Å². The van der Waals surface area contributed by atoms with E-state index < -0.39 is 17.8 Å². The number of benzene rings is 4. The number of nitrogens with one attached hydrogen (secondary N) is 2. The zero-order valence-electron chi connectivity index (χ0n) is 23.4. The molecule has 10 nitrogen and oxygen atoms in total. The number of azo groups is 2. The highest BCUT2D eigenvalue weighted by Crippen LogP contribution is 2.29. The van der Waals surface area contributed by atoms with E-state index in [1.54, 1.807) is 60.7 Å². The maximum Gasteiger partial charge on any atom is 0.335 e. The summed E-state index contributed by atoms with van der Waals surface area (Å²) < 4.78 is 24.8. The summed E-state index contributed by atoms with van der Waals surface area (Å²) in [5, 5.41) is 16.8. The highest BCUT2D eigenvalue weighted by molar-refractivity contribution is 5.83. The summed E-state index contributed by atoms with van der Waals surface area (Å²) in [4.78, 5) is 22.6. The van der Waals surface area contributed by atoms with Gasteiger partial charge in [0.1, 0.15) is 17.3 Å². The highest BCUT2D eigenvalue weighted by atomic mass is 19.1. The molecule has 43 heavy (non-hydrogen) atoms. The Morgan fingerprint density at radius 3 is 1.84 bits per heavy atom. The Hall–Kier alpha value is -5.97. The molecule has 4 aromatic carbocycles. The van der Waals surface area contributed by atoms with E-state index in [-0.39, 0.29) is 5.69 Å². The van der Waals surface area contributed by atoms with Gasteiger partial charge in [0.25, 0.3) is 0 Å². The number of nitrogens with zero attached hydrogens (tertiary/aromatic N) is 4. The highest BCUT2D eigenvalue weighted by Gasteiger charge is 2.07. The minimum atomic E-state index is -0.562. The van der Waals surface area contributed by atoms with Gasteiger partial charge >= 0.3 is 11.9 Å². The lowest BCUT2D eigenvalue weighted by Crippen LogP contribution is -2.09. The van der Waals surface area contributed by atoms with Crippen LogP contribution in [0, 0.1) is 19.7 Å². The Balaban J connectivity index is 1.34. The Kier molecular flexibility index (Phi) is 9.83. The third kappa shape index (κ3) is 8.51. The van der Waals surface area contributed by atoms with E-state index in [4.69, 9.17) is 9.47 Å². The molecule has 0 amide bonds. The second-order valence-electron chi connectivity index (χ2n) is 9.01. The van der Waals surface area contributed by atoms with Gasteiger partial charge in [-0.1, -0.05) is 13.2 Å². The van der Waals surface area contributed by atoms with E-state index in [0.717, 1.165) is 23.3 Å². The van der Waals surface area contributed by atoms with Gasteiger partial charge in [0.05, 0.1) is 34.1 Å². The van der Waals surface area contributed by atoms with Gasteiger partial charge in [-0.05, 0) is 97.8 Å². The van der Waals surface area contributed by atoms with Crippen LogP contribution >= 0.6 is 0 Å². The molecule has 0 radical (unpaired) electrons. The molecule has 0 aliphatic rings. The maximum absolute atomic E-state index is 14.7. The van der Waals surface area contributed by atoms with Gasteiger partial charge in [0.15, 0.2) is 0 Å². The van der Waals surface area contributed by atoms with E-state index in [1.165, 1.54) is 12.1 Å². The second-order valence-corrected chi connectivity index (χ2v) is 9.01. The molecule has 0 unspecified atom stereocenters. The van der Waals surface area contributed by atoms with Crippen LogP contribution in [0.4, 0.5) is 38.5 Å². The molecule has 0 saturated heterocycles. The van der Waals surface area contributed by atoms with Crippen LogP contribution in [0.15, 0.2) is 125 Å². The van der Waals surface area contributed by atoms with Crippen LogP contribution < -0.4 is 20.3 Å². The predicted octanol–water partition coefficient (Wildman–Crippen LogP) is 8.90. The van der Waals surface area contributed by atoms with Crippen molar-refractivity contribution in [3.8, 4) is 11.5 Å². The number of hydrogen-bond donors (Lipinski definition) is 2. The van der Waals surface area contributed by atoms with Gasteiger partial charge in [0, 0.05) is 18.2 Å². The second kappa shape index (κ2) is 14.1. The lowest BCUT2D eigenvalue weighted by molar-refractivity contribution is -0.129. The Bertz CT molecular complexity index is 1730. The number of ether oxygens (including phenoxy) is 2. The quantitative estimate of drug-likeness (QED) is 0.0602. The third-order valence-corrected chi connectivity index (χ3v) is 5.81. The van der Waals surface area contributed by atoms with E-state index in [0.29, 0.717) is 39.9 Å². The van der Waals surface area contributed by atoms with Crippen molar-refractivity contribution in [1.82, 2.24) is 0 Å². The smallest absolute Gasteiger partial charge is 0.335 e. The summed E-state index contributed by atoms with van der Waals surface area (Å²) in [7, 11) is 0. The maximum atomic E-state index is 14.7. The zero-order valence-corrected chi connectivity index (χ0v) is 23.4. The van der Waals surface area contributed by atoms with Crippen LogP contribution in [-0.2, 0) is 9.59 Å². The molecule has 2 N–H and O–H groups in total. The van der Waals surface area contributed by atoms with E-state index in [9.17, 15) is 14.0 Å². The van der Waals surface area contributed by atoms with Crippen molar-refractivity contribution in [2.45, 2.75) is 13.8 Å². The average molecular weight is 579 g/mol. The number of hydrogen-bond acceptors (Lipinski definition) is 10. The van der Waals surface area contributed by atoms with Gasteiger partial charge in [-0.3, -0.25) is 5.43 Å². The molecule has 0 heterocycles. The summed E-state index contributed by atoms with van der Waals surface area (Å²) in [6.07, 6.45) is 2.16. The number of halogens is 1. The fourth-order valence-corrected chi connectivity index (χ4v) is 3.58. The molecular weight excluding hydrogens is 551 g/mol. The molecule has 0 aromatic heterocycles. The molecule has 0 spiro atoms. The van der Waals surface area contributed by atoms with Gasteiger partial charge in [-0.25, -0.2) is 14.0 Å². The predicted molar refractivity (Wildman–Crippen MR) is 162 cm³/mol. The largest absolute Gasteiger partial charge is 0.423 e. The summed E-state index contributed by atoms with van der Waals surface area (Å²) in [5.41, 5.74) is 10.5. The number of hydrazine groups is 1. The number of carbonyl (C=O) groups is 2. The molecule has 216 valence electrons. The number of esters is 2. The van der Waals surface area contributed by atoms with Crippen molar-refractivity contribution < 1.29 is 23.5 Å². The van der Waals surface area contributed by atoms with E-state index >= 15 is 0 Å². The molecule has 0 bridgehead atoms. The van der Waals surface area contributed by atoms with Gasteiger partial charge in [-0.2, -0.15) is 20.5 Å². The molecule has 4 rings (SSSR count). The van der Waals surface area contributed by atoms with Gasteiger partial charge < -0.3 is 14.9 Å². The number of anilines is 2. The van der Waals surface area contributed by atoms with Crippen LogP contribution in [0.3, 0.4) is 0 Å². The fourth-order valence-electron chi connectivity index (χ4n) is 3.58. The van der Waals surface area contributed by atoms with Crippen molar-refractivity contribution in [2.75, 3.05) is 10.9 Å². The molecular formula is C32H27FN6O4. The minimum absolute atomic E-state index is 0.214. The normalized spacial score (nSPS) is 10.9.